The number of H-pyrrole nitrogens is 1. The average molecular weight is 374 g/mol. The quantitative estimate of drug-likeness (QED) is 0.546. The Kier molecular flexibility index (Phi) is 3.55. The number of fused-ring (bicyclic) bond motifs is 2. The second kappa shape index (κ2) is 5.69. The molecule has 0 aliphatic carbocycles. The van der Waals surface area contributed by atoms with Gasteiger partial charge in [-0.15, -0.1) is 0 Å². The number of benzene rings is 2. The van der Waals surface area contributed by atoms with E-state index in [1.165, 1.54) is 0 Å². The summed E-state index contributed by atoms with van der Waals surface area (Å²) in [5, 5.41) is 5.74. The van der Waals surface area contributed by atoms with Crippen LogP contribution in [-0.4, -0.2) is 38.1 Å². The minimum absolute atomic E-state index is 0.372. The molecule has 2 aromatic heterocycles. The van der Waals surface area contributed by atoms with Gasteiger partial charge >= 0.3 is 7.12 Å². The highest BCUT2D eigenvalue weighted by Crippen LogP contribution is 2.37. The molecule has 3 heterocycles. The van der Waals surface area contributed by atoms with Gasteiger partial charge in [0, 0.05) is 12.4 Å². The average Bonchev–Trinajstić information content (AvgIpc) is 3.27. The molecule has 0 amide bonds. The van der Waals surface area contributed by atoms with Gasteiger partial charge < -0.3 is 14.3 Å². The molecule has 1 fully saturated rings. The maximum absolute atomic E-state index is 6.23. The molecular formula is C21H23BN4O2. The SMILES string of the molecule is Cn1nc(-c2nc3ccccc3[nH]2)c2cc(B3OC(C)(C)C(C)(C)O3)ccc21. The summed E-state index contributed by atoms with van der Waals surface area (Å²) in [6, 6.07) is 14.2. The van der Waals surface area contributed by atoms with Crippen LogP contribution < -0.4 is 5.46 Å². The lowest BCUT2D eigenvalue weighted by Crippen LogP contribution is -2.41. The monoisotopic (exact) mass is 374 g/mol. The Balaban J connectivity index is 1.63. The van der Waals surface area contributed by atoms with Crippen LogP contribution in [0.15, 0.2) is 42.5 Å². The van der Waals surface area contributed by atoms with E-state index in [2.05, 4.69) is 50.9 Å². The van der Waals surface area contributed by atoms with Crippen LogP contribution in [0.3, 0.4) is 0 Å². The third kappa shape index (κ3) is 2.50. The molecule has 1 aliphatic heterocycles. The first-order valence-electron chi connectivity index (χ1n) is 9.53. The van der Waals surface area contributed by atoms with Crippen LogP contribution in [0.25, 0.3) is 33.5 Å². The first-order valence-corrected chi connectivity index (χ1v) is 9.53. The minimum atomic E-state index is -0.405. The highest BCUT2D eigenvalue weighted by molar-refractivity contribution is 6.62. The summed E-state index contributed by atoms with van der Waals surface area (Å²) in [4.78, 5) is 8.11. The number of para-hydroxylation sites is 2. The number of imidazole rings is 1. The molecule has 0 bridgehead atoms. The van der Waals surface area contributed by atoms with Crippen molar-refractivity contribution in [3.8, 4) is 11.5 Å². The Labute approximate surface area is 164 Å². The van der Waals surface area contributed by atoms with Gasteiger partial charge in [0.15, 0.2) is 5.82 Å². The molecule has 1 aliphatic rings. The first-order chi connectivity index (χ1) is 13.2. The molecule has 1 saturated heterocycles. The third-order valence-corrected chi connectivity index (χ3v) is 6.01. The molecule has 0 spiro atoms. The van der Waals surface area contributed by atoms with Crippen LogP contribution in [0.5, 0.6) is 0 Å². The zero-order chi connectivity index (χ0) is 19.7. The van der Waals surface area contributed by atoms with E-state index in [4.69, 9.17) is 19.4 Å². The van der Waals surface area contributed by atoms with Gasteiger partial charge in [0.25, 0.3) is 0 Å². The second-order valence-electron chi connectivity index (χ2n) is 8.44. The summed E-state index contributed by atoms with van der Waals surface area (Å²) in [6.07, 6.45) is 0. The molecule has 0 radical (unpaired) electrons. The fourth-order valence-corrected chi connectivity index (χ4v) is 3.65. The number of aromatic amines is 1. The summed E-state index contributed by atoms with van der Waals surface area (Å²) in [5.41, 5.74) is 4.03. The van der Waals surface area contributed by atoms with E-state index < -0.39 is 7.12 Å². The fraction of sp³-hybridized carbons (Fsp3) is 0.333. The molecule has 0 saturated carbocycles. The minimum Gasteiger partial charge on any atom is -0.399 e. The van der Waals surface area contributed by atoms with Crippen molar-refractivity contribution in [1.29, 1.82) is 0 Å². The molecule has 1 N–H and O–H groups in total. The molecule has 142 valence electrons. The summed E-state index contributed by atoms with van der Waals surface area (Å²) < 4.78 is 14.3. The molecular weight excluding hydrogens is 351 g/mol. The van der Waals surface area contributed by atoms with Crippen LogP contribution in [-0.2, 0) is 16.4 Å². The van der Waals surface area contributed by atoms with E-state index in [-0.39, 0.29) is 11.2 Å². The van der Waals surface area contributed by atoms with Crippen LogP contribution in [0.1, 0.15) is 27.7 Å². The Morgan fingerprint density at radius 3 is 2.43 bits per heavy atom. The fourth-order valence-electron chi connectivity index (χ4n) is 3.65. The summed E-state index contributed by atoms with van der Waals surface area (Å²) >= 11 is 0. The predicted molar refractivity (Wildman–Crippen MR) is 112 cm³/mol. The molecule has 4 aromatic rings. The van der Waals surface area contributed by atoms with Gasteiger partial charge in [-0.05, 0) is 51.4 Å². The number of nitrogens with one attached hydrogen (secondary N) is 1. The van der Waals surface area contributed by atoms with Crippen molar-refractivity contribution in [2.24, 2.45) is 7.05 Å². The normalized spacial score (nSPS) is 18.4. The third-order valence-electron chi connectivity index (χ3n) is 6.01. The number of hydrogen-bond acceptors (Lipinski definition) is 4. The molecule has 0 unspecified atom stereocenters. The number of aromatic nitrogens is 4. The highest BCUT2D eigenvalue weighted by atomic mass is 16.7. The zero-order valence-electron chi connectivity index (χ0n) is 16.8. The van der Waals surface area contributed by atoms with E-state index >= 15 is 0 Å². The largest absolute Gasteiger partial charge is 0.494 e. The van der Waals surface area contributed by atoms with Gasteiger partial charge in [0.2, 0.25) is 0 Å². The number of aryl methyl sites for hydroxylation is 1. The van der Waals surface area contributed by atoms with Gasteiger partial charge in [-0.3, -0.25) is 4.68 Å². The van der Waals surface area contributed by atoms with E-state index in [0.717, 1.165) is 38.9 Å². The lowest BCUT2D eigenvalue weighted by atomic mass is 9.78. The summed E-state index contributed by atoms with van der Waals surface area (Å²) in [7, 11) is 1.54. The molecule has 2 aromatic carbocycles. The van der Waals surface area contributed by atoms with Gasteiger partial charge in [-0.25, -0.2) is 4.98 Å². The lowest BCUT2D eigenvalue weighted by Gasteiger charge is -2.32. The maximum atomic E-state index is 6.23. The van der Waals surface area contributed by atoms with Crippen molar-refractivity contribution in [1.82, 2.24) is 19.7 Å². The van der Waals surface area contributed by atoms with Crippen molar-refractivity contribution in [2.75, 3.05) is 0 Å². The van der Waals surface area contributed by atoms with Crippen molar-refractivity contribution in [3.63, 3.8) is 0 Å². The van der Waals surface area contributed by atoms with Gasteiger partial charge in [-0.1, -0.05) is 24.3 Å². The van der Waals surface area contributed by atoms with E-state index in [9.17, 15) is 0 Å². The van der Waals surface area contributed by atoms with Gasteiger partial charge in [-0.2, -0.15) is 5.10 Å². The molecule has 28 heavy (non-hydrogen) atoms. The zero-order valence-corrected chi connectivity index (χ0v) is 16.8. The smallest absolute Gasteiger partial charge is 0.399 e. The van der Waals surface area contributed by atoms with Crippen LogP contribution in [0.2, 0.25) is 0 Å². The van der Waals surface area contributed by atoms with Crippen LogP contribution in [0.4, 0.5) is 0 Å². The number of hydrogen-bond donors (Lipinski definition) is 1. The molecule has 0 atom stereocenters. The van der Waals surface area contributed by atoms with Crippen molar-refractivity contribution < 1.29 is 9.31 Å². The molecule has 5 rings (SSSR count). The van der Waals surface area contributed by atoms with Gasteiger partial charge in [0.1, 0.15) is 5.69 Å². The Morgan fingerprint density at radius 1 is 1.00 bits per heavy atom. The van der Waals surface area contributed by atoms with Crippen LogP contribution >= 0.6 is 0 Å². The van der Waals surface area contributed by atoms with Crippen LogP contribution in [0, 0.1) is 0 Å². The second-order valence-corrected chi connectivity index (χ2v) is 8.44. The Bertz CT molecular complexity index is 1160. The summed E-state index contributed by atoms with van der Waals surface area (Å²) in [5.74, 6) is 0.762. The summed E-state index contributed by atoms with van der Waals surface area (Å²) in [6.45, 7) is 8.26. The Hall–Kier alpha value is -2.64. The maximum Gasteiger partial charge on any atom is 0.494 e. The van der Waals surface area contributed by atoms with Crippen molar-refractivity contribution in [3.05, 3.63) is 42.5 Å². The number of nitrogens with zero attached hydrogens (tertiary/aromatic N) is 3. The van der Waals surface area contributed by atoms with Gasteiger partial charge in [0.05, 0.1) is 27.8 Å². The standard InChI is InChI=1S/C21H23BN4O2/c1-20(2)21(3,4)28-22(27-20)13-10-11-17-14(12-13)18(25-26(17)5)19-23-15-8-6-7-9-16(15)24-19/h6-12H,1-5H3,(H,23,24). The molecule has 7 heteroatoms. The lowest BCUT2D eigenvalue weighted by molar-refractivity contribution is 0.00578. The van der Waals surface area contributed by atoms with E-state index in [1.54, 1.807) is 0 Å². The predicted octanol–water partition coefficient (Wildman–Crippen LogP) is 3.42. The van der Waals surface area contributed by atoms with E-state index in [0.29, 0.717) is 0 Å². The Morgan fingerprint density at radius 2 is 1.71 bits per heavy atom. The van der Waals surface area contributed by atoms with E-state index in [1.807, 2.05) is 36.0 Å². The van der Waals surface area contributed by atoms with Crippen molar-refractivity contribution >= 4 is 34.5 Å². The first kappa shape index (κ1) is 17.5. The number of rotatable bonds is 2. The highest BCUT2D eigenvalue weighted by Gasteiger charge is 2.51. The van der Waals surface area contributed by atoms with Crippen molar-refractivity contribution in [2.45, 2.75) is 38.9 Å². The topological polar surface area (TPSA) is 65.0 Å². The molecule has 6 nitrogen and oxygen atoms in total.